The fraction of sp³-hybridized carbons (Fsp3) is 0.762. The molecular formula is C42H74O4. The number of carboxylic acids is 1. The summed E-state index contributed by atoms with van der Waals surface area (Å²) in [5.41, 5.74) is 0. The maximum Gasteiger partial charge on any atom is 0.306 e. The second kappa shape index (κ2) is 37.4. The van der Waals surface area contributed by atoms with E-state index in [4.69, 9.17) is 9.84 Å². The Morgan fingerprint density at radius 2 is 0.848 bits per heavy atom. The number of ether oxygens (including phenoxy) is 1. The predicted molar refractivity (Wildman–Crippen MR) is 199 cm³/mol. The monoisotopic (exact) mass is 643 g/mol. The maximum absolute atomic E-state index is 12.6. The lowest BCUT2D eigenvalue weighted by Gasteiger charge is -2.18. The first kappa shape index (κ1) is 43.9. The van der Waals surface area contributed by atoms with Crippen molar-refractivity contribution in [3.05, 3.63) is 48.6 Å². The molecule has 0 aromatic carbocycles. The van der Waals surface area contributed by atoms with Gasteiger partial charge in [-0.3, -0.25) is 9.59 Å². The Balaban J connectivity index is 4.01. The molecule has 0 aliphatic heterocycles. The summed E-state index contributed by atoms with van der Waals surface area (Å²) in [6.45, 7) is 4.51. The molecule has 0 aromatic rings. The summed E-state index contributed by atoms with van der Waals surface area (Å²) < 4.78 is 5.92. The lowest BCUT2D eigenvalue weighted by Crippen LogP contribution is -2.18. The highest BCUT2D eigenvalue weighted by molar-refractivity contribution is 5.69. The number of hydrogen-bond acceptors (Lipinski definition) is 3. The van der Waals surface area contributed by atoms with E-state index >= 15 is 0 Å². The molecule has 1 N–H and O–H groups in total. The molecule has 0 aromatic heterocycles. The van der Waals surface area contributed by atoms with Gasteiger partial charge in [0.2, 0.25) is 0 Å². The van der Waals surface area contributed by atoms with Crippen LogP contribution in [0.15, 0.2) is 48.6 Å². The summed E-state index contributed by atoms with van der Waals surface area (Å²) in [5.74, 6) is -0.789. The number of hydrogen-bond donors (Lipinski definition) is 1. The molecule has 0 radical (unpaired) electrons. The molecular weight excluding hydrogens is 568 g/mol. The Morgan fingerprint density at radius 1 is 0.478 bits per heavy atom. The Hall–Kier alpha value is -2.10. The zero-order valence-electron chi connectivity index (χ0n) is 30.4. The Bertz CT molecular complexity index is 779. The summed E-state index contributed by atoms with van der Waals surface area (Å²) in [4.78, 5) is 23.4. The molecule has 1 unspecified atom stereocenters. The van der Waals surface area contributed by atoms with E-state index in [1.807, 2.05) is 0 Å². The second-order valence-corrected chi connectivity index (χ2v) is 13.1. The first-order chi connectivity index (χ1) is 22.6. The van der Waals surface area contributed by atoms with Crippen LogP contribution in [-0.4, -0.2) is 23.1 Å². The van der Waals surface area contributed by atoms with Crippen LogP contribution in [0, 0.1) is 0 Å². The molecule has 0 spiro atoms. The Labute approximate surface area is 285 Å². The fourth-order valence-corrected chi connectivity index (χ4v) is 5.64. The number of esters is 1. The molecule has 4 nitrogen and oxygen atoms in total. The average Bonchev–Trinajstić information content (AvgIpc) is 3.04. The molecule has 0 rings (SSSR count). The van der Waals surface area contributed by atoms with E-state index in [1.54, 1.807) is 0 Å². The molecule has 0 saturated carbocycles. The number of aliphatic carboxylic acids is 1. The zero-order chi connectivity index (χ0) is 33.6. The molecule has 0 heterocycles. The van der Waals surface area contributed by atoms with Crippen molar-refractivity contribution in [3.8, 4) is 0 Å². The normalized spacial score (nSPS) is 12.7. The van der Waals surface area contributed by atoms with Crippen LogP contribution >= 0.6 is 0 Å². The number of rotatable bonds is 35. The largest absolute Gasteiger partial charge is 0.481 e. The number of carboxylic acid groups (broad SMARTS) is 1. The second-order valence-electron chi connectivity index (χ2n) is 13.1. The molecule has 0 bridgehead atoms. The zero-order valence-corrected chi connectivity index (χ0v) is 30.4. The van der Waals surface area contributed by atoms with Gasteiger partial charge in [0.05, 0.1) is 0 Å². The predicted octanol–water partition coefficient (Wildman–Crippen LogP) is 13.6. The third-order valence-electron chi connectivity index (χ3n) is 8.55. The van der Waals surface area contributed by atoms with Gasteiger partial charge in [-0.2, -0.15) is 0 Å². The van der Waals surface area contributed by atoms with Gasteiger partial charge in [0, 0.05) is 12.8 Å². The van der Waals surface area contributed by atoms with Crippen molar-refractivity contribution in [2.45, 2.75) is 206 Å². The lowest BCUT2D eigenvalue weighted by molar-refractivity contribution is -0.150. The van der Waals surface area contributed by atoms with Crippen molar-refractivity contribution in [1.82, 2.24) is 0 Å². The average molecular weight is 643 g/mol. The fourth-order valence-electron chi connectivity index (χ4n) is 5.64. The van der Waals surface area contributed by atoms with Gasteiger partial charge >= 0.3 is 11.9 Å². The van der Waals surface area contributed by atoms with E-state index in [0.717, 1.165) is 77.0 Å². The smallest absolute Gasteiger partial charge is 0.306 e. The molecule has 0 amide bonds. The number of allylic oxidation sites excluding steroid dienone is 8. The summed E-state index contributed by atoms with van der Waals surface area (Å²) in [6, 6.07) is 0. The summed E-state index contributed by atoms with van der Waals surface area (Å²) in [5, 5.41) is 8.88. The van der Waals surface area contributed by atoms with E-state index in [2.05, 4.69) is 62.5 Å². The minimum Gasteiger partial charge on any atom is -0.481 e. The molecule has 46 heavy (non-hydrogen) atoms. The third-order valence-corrected chi connectivity index (χ3v) is 8.55. The molecule has 0 aliphatic carbocycles. The van der Waals surface area contributed by atoms with Crippen LogP contribution in [0.5, 0.6) is 0 Å². The standard InChI is InChI=1S/C42H74O4/c1-3-5-7-9-11-13-15-16-17-18-19-20-21-22-24-26-28-30-35-39-42(45)46-40(37-33-31-34-38-41(43)44)36-32-29-27-25-23-14-12-10-8-6-4-2/h11,13,16-17,19-20,22,24,40H,3-10,12,14-15,18,21,23,25-39H2,1-2H3,(H,43,44)/b13-11-,17-16-,20-19-,24-22-. The third kappa shape index (κ3) is 36.4. The first-order valence-corrected chi connectivity index (χ1v) is 19.6. The van der Waals surface area contributed by atoms with Crippen LogP contribution < -0.4 is 0 Å². The number of carbonyl (C=O) groups excluding carboxylic acids is 1. The van der Waals surface area contributed by atoms with Gasteiger partial charge in [0.15, 0.2) is 0 Å². The van der Waals surface area contributed by atoms with Gasteiger partial charge in [-0.15, -0.1) is 0 Å². The molecule has 4 heteroatoms. The van der Waals surface area contributed by atoms with Gasteiger partial charge in [-0.1, -0.05) is 152 Å². The van der Waals surface area contributed by atoms with Crippen LogP contribution in [0.1, 0.15) is 200 Å². The highest BCUT2D eigenvalue weighted by Gasteiger charge is 2.14. The quantitative estimate of drug-likeness (QED) is 0.0424. The van der Waals surface area contributed by atoms with Crippen molar-refractivity contribution >= 4 is 11.9 Å². The minimum atomic E-state index is -0.730. The van der Waals surface area contributed by atoms with Crippen molar-refractivity contribution in [2.75, 3.05) is 0 Å². The van der Waals surface area contributed by atoms with Crippen LogP contribution in [0.2, 0.25) is 0 Å². The molecule has 0 aliphatic rings. The Morgan fingerprint density at radius 3 is 1.35 bits per heavy atom. The van der Waals surface area contributed by atoms with Gasteiger partial charge < -0.3 is 9.84 Å². The topological polar surface area (TPSA) is 63.6 Å². The van der Waals surface area contributed by atoms with Crippen molar-refractivity contribution in [1.29, 1.82) is 0 Å². The van der Waals surface area contributed by atoms with Gasteiger partial charge in [0.1, 0.15) is 6.10 Å². The summed E-state index contributed by atoms with van der Waals surface area (Å²) in [7, 11) is 0. The van der Waals surface area contributed by atoms with E-state index in [0.29, 0.717) is 12.8 Å². The van der Waals surface area contributed by atoms with E-state index in [1.165, 1.54) is 89.9 Å². The lowest BCUT2D eigenvalue weighted by atomic mass is 10.0. The molecule has 266 valence electrons. The van der Waals surface area contributed by atoms with Crippen LogP contribution in [-0.2, 0) is 14.3 Å². The van der Waals surface area contributed by atoms with Gasteiger partial charge in [0.25, 0.3) is 0 Å². The van der Waals surface area contributed by atoms with Crippen LogP contribution in [0.3, 0.4) is 0 Å². The van der Waals surface area contributed by atoms with Crippen molar-refractivity contribution in [2.24, 2.45) is 0 Å². The highest BCUT2D eigenvalue weighted by atomic mass is 16.5. The van der Waals surface area contributed by atoms with Crippen LogP contribution in [0.4, 0.5) is 0 Å². The van der Waals surface area contributed by atoms with E-state index in [9.17, 15) is 9.59 Å². The summed E-state index contributed by atoms with van der Waals surface area (Å²) in [6.07, 6.45) is 49.8. The van der Waals surface area contributed by atoms with E-state index in [-0.39, 0.29) is 18.5 Å². The summed E-state index contributed by atoms with van der Waals surface area (Å²) >= 11 is 0. The Kier molecular flexibility index (Phi) is 35.7. The first-order valence-electron chi connectivity index (χ1n) is 19.6. The van der Waals surface area contributed by atoms with Crippen molar-refractivity contribution < 1.29 is 19.4 Å². The minimum absolute atomic E-state index is 0.0143. The molecule has 0 saturated heterocycles. The van der Waals surface area contributed by atoms with Crippen molar-refractivity contribution in [3.63, 3.8) is 0 Å². The van der Waals surface area contributed by atoms with Gasteiger partial charge in [-0.05, 0) is 83.5 Å². The molecule has 0 fully saturated rings. The van der Waals surface area contributed by atoms with Crippen LogP contribution in [0.25, 0.3) is 0 Å². The SMILES string of the molecule is CCCCC/C=C\C/C=C\C/C=C\C/C=C\CCCCCC(=O)OC(CCCCCCCCCCCCC)CCCCCC(=O)O. The molecule has 1 atom stereocenters. The number of unbranched alkanes of at least 4 members (excludes halogenated alkanes) is 18. The van der Waals surface area contributed by atoms with E-state index < -0.39 is 5.97 Å². The highest BCUT2D eigenvalue weighted by Crippen LogP contribution is 2.18. The maximum atomic E-state index is 12.6. The number of carbonyl (C=O) groups is 2. The van der Waals surface area contributed by atoms with Gasteiger partial charge in [-0.25, -0.2) is 0 Å².